The Labute approximate surface area is 149 Å². The van der Waals surface area contributed by atoms with E-state index >= 15 is 0 Å². The fourth-order valence-electron chi connectivity index (χ4n) is 3.49. The highest BCUT2D eigenvalue weighted by molar-refractivity contribution is 5.71. The summed E-state index contributed by atoms with van der Waals surface area (Å²) in [7, 11) is 0. The number of hydrogen-bond acceptors (Lipinski definition) is 1. The van der Waals surface area contributed by atoms with E-state index in [1.54, 1.807) is 0 Å². The zero-order valence-electron chi connectivity index (χ0n) is 13.8. The molecule has 1 aromatic heterocycles. The second-order valence-electron chi connectivity index (χ2n) is 6.39. The maximum atomic E-state index is 6.11. The van der Waals surface area contributed by atoms with Gasteiger partial charge in [0.05, 0.1) is 6.10 Å². The van der Waals surface area contributed by atoms with Gasteiger partial charge >= 0.3 is 0 Å². The Kier molecular flexibility index (Phi) is 5.54. The Balaban J connectivity index is 0.00000169. The molecule has 2 aromatic carbocycles. The summed E-state index contributed by atoms with van der Waals surface area (Å²) in [5.41, 5.74) is 3.81. The van der Waals surface area contributed by atoms with E-state index in [0.717, 1.165) is 6.54 Å². The number of hydrogen-bond donors (Lipinski definition) is 0. The minimum absolute atomic E-state index is 0. The molecule has 1 fully saturated rings. The lowest BCUT2D eigenvalue weighted by Gasteiger charge is -2.08. The predicted octanol–water partition coefficient (Wildman–Crippen LogP) is 0.898. The Bertz CT molecular complexity index is 779. The summed E-state index contributed by atoms with van der Waals surface area (Å²) < 4.78 is 10.7. The Morgan fingerprint density at radius 3 is 2.46 bits per heavy atom. The molecule has 126 valence electrons. The molecule has 4 heteroatoms. The number of rotatable bonds is 5. The molecule has 0 saturated heterocycles. The van der Waals surface area contributed by atoms with Crippen LogP contribution < -0.4 is 17.0 Å². The van der Waals surface area contributed by atoms with Crippen LogP contribution in [0.2, 0.25) is 0 Å². The number of aromatic nitrogens is 2. The summed E-state index contributed by atoms with van der Waals surface area (Å²) >= 11 is 0. The second kappa shape index (κ2) is 7.82. The van der Waals surface area contributed by atoms with E-state index in [1.807, 2.05) is 0 Å². The van der Waals surface area contributed by atoms with Crippen molar-refractivity contribution in [3.63, 3.8) is 0 Å². The molecule has 1 saturated carbocycles. The molecule has 0 spiro atoms. The standard InChI is InChI=1S/C20H23N2O.ClH/c1-2-8-17(9-3-1)14-21-15-22(16-23-18-10-4-5-11-18)20-13-7-6-12-19(20)21;/h1-3,6-9,12-13,15,18H,4-5,10-11,14,16H2;1H/q+1;/p-1. The number of imidazole rings is 1. The first-order valence-corrected chi connectivity index (χ1v) is 8.53. The zero-order chi connectivity index (χ0) is 15.5. The minimum Gasteiger partial charge on any atom is -1.00 e. The van der Waals surface area contributed by atoms with Crippen molar-refractivity contribution in [1.82, 2.24) is 4.57 Å². The molecular formula is C20H23ClN2O. The topological polar surface area (TPSA) is 18.0 Å². The van der Waals surface area contributed by atoms with Crippen LogP contribution in [-0.4, -0.2) is 10.7 Å². The average Bonchev–Trinajstić information content (AvgIpc) is 3.23. The van der Waals surface area contributed by atoms with E-state index in [4.69, 9.17) is 4.74 Å². The maximum Gasteiger partial charge on any atom is 0.246 e. The molecule has 1 heterocycles. The Hall–Kier alpha value is -1.84. The van der Waals surface area contributed by atoms with Crippen LogP contribution in [0.3, 0.4) is 0 Å². The van der Waals surface area contributed by atoms with Crippen molar-refractivity contribution < 1.29 is 21.7 Å². The summed E-state index contributed by atoms with van der Waals surface area (Å²) in [4.78, 5) is 0. The zero-order valence-corrected chi connectivity index (χ0v) is 14.5. The molecule has 1 aliphatic rings. The molecule has 3 nitrogen and oxygen atoms in total. The van der Waals surface area contributed by atoms with E-state index in [1.165, 1.54) is 42.3 Å². The van der Waals surface area contributed by atoms with Crippen molar-refractivity contribution in [3.8, 4) is 0 Å². The van der Waals surface area contributed by atoms with Gasteiger partial charge in [-0.3, -0.25) is 0 Å². The van der Waals surface area contributed by atoms with Crippen LogP contribution in [0.4, 0.5) is 0 Å². The van der Waals surface area contributed by atoms with Gasteiger partial charge in [-0.25, -0.2) is 9.13 Å². The lowest BCUT2D eigenvalue weighted by atomic mass is 10.2. The van der Waals surface area contributed by atoms with Crippen molar-refractivity contribution in [3.05, 3.63) is 66.5 Å². The van der Waals surface area contributed by atoms with E-state index in [2.05, 4.69) is 70.1 Å². The molecule has 0 atom stereocenters. The van der Waals surface area contributed by atoms with Crippen LogP contribution in [0.5, 0.6) is 0 Å². The predicted molar refractivity (Wildman–Crippen MR) is 91.0 cm³/mol. The monoisotopic (exact) mass is 342 g/mol. The van der Waals surface area contributed by atoms with Gasteiger partial charge in [-0.2, -0.15) is 0 Å². The molecule has 0 radical (unpaired) electrons. The smallest absolute Gasteiger partial charge is 0.246 e. The van der Waals surface area contributed by atoms with E-state index < -0.39 is 0 Å². The molecule has 1 aliphatic carbocycles. The van der Waals surface area contributed by atoms with Crippen molar-refractivity contribution >= 4 is 11.0 Å². The lowest BCUT2D eigenvalue weighted by molar-refractivity contribution is -0.663. The normalized spacial score (nSPS) is 14.8. The fourth-order valence-corrected chi connectivity index (χ4v) is 3.49. The van der Waals surface area contributed by atoms with Crippen LogP contribution in [0, 0.1) is 0 Å². The number of para-hydroxylation sites is 2. The summed E-state index contributed by atoms with van der Waals surface area (Å²) in [5.74, 6) is 0. The first kappa shape index (κ1) is 17.0. The Morgan fingerprint density at radius 1 is 0.958 bits per heavy atom. The third kappa shape index (κ3) is 3.63. The van der Waals surface area contributed by atoms with Crippen molar-refractivity contribution in [2.75, 3.05) is 0 Å². The number of ether oxygens (including phenoxy) is 1. The van der Waals surface area contributed by atoms with Gasteiger partial charge in [-0.05, 0) is 30.5 Å². The molecule has 24 heavy (non-hydrogen) atoms. The Morgan fingerprint density at radius 2 is 1.67 bits per heavy atom. The number of fused-ring (bicyclic) bond motifs is 1. The SMILES string of the molecule is [Cl-].c1ccc(C[n+]2cn(COC3CCCC3)c3ccccc32)cc1. The van der Waals surface area contributed by atoms with E-state index in [-0.39, 0.29) is 12.4 Å². The molecular weight excluding hydrogens is 320 g/mol. The number of nitrogens with zero attached hydrogens (tertiary/aromatic N) is 2. The van der Waals surface area contributed by atoms with Gasteiger partial charge in [0.15, 0.2) is 17.8 Å². The molecule has 3 aromatic rings. The van der Waals surface area contributed by atoms with Crippen LogP contribution in [0.25, 0.3) is 11.0 Å². The van der Waals surface area contributed by atoms with Crippen molar-refractivity contribution in [2.24, 2.45) is 0 Å². The van der Waals surface area contributed by atoms with Gasteiger partial charge in [0, 0.05) is 0 Å². The van der Waals surface area contributed by atoms with Gasteiger partial charge in [0.25, 0.3) is 0 Å². The lowest BCUT2D eigenvalue weighted by Crippen LogP contribution is -3.00. The van der Waals surface area contributed by atoms with Gasteiger partial charge in [0.1, 0.15) is 6.54 Å². The van der Waals surface area contributed by atoms with Crippen LogP contribution >= 0.6 is 0 Å². The van der Waals surface area contributed by atoms with Gasteiger partial charge < -0.3 is 17.1 Å². The fraction of sp³-hybridized carbons (Fsp3) is 0.350. The highest BCUT2D eigenvalue weighted by Crippen LogP contribution is 2.22. The summed E-state index contributed by atoms with van der Waals surface area (Å²) in [5, 5.41) is 0. The van der Waals surface area contributed by atoms with Crippen molar-refractivity contribution in [2.45, 2.75) is 45.1 Å². The molecule has 0 bridgehead atoms. The van der Waals surface area contributed by atoms with Crippen molar-refractivity contribution in [1.29, 1.82) is 0 Å². The second-order valence-corrected chi connectivity index (χ2v) is 6.39. The largest absolute Gasteiger partial charge is 1.00 e. The number of halogens is 1. The average molecular weight is 343 g/mol. The van der Waals surface area contributed by atoms with E-state index in [9.17, 15) is 0 Å². The molecule has 0 aliphatic heterocycles. The summed E-state index contributed by atoms with van der Waals surface area (Å²) in [6.45, 7) is 1.53. The van der Waals surface area contributed by atoms with Gasteiger partial charge in [-0.15, -0.1) is 0 Å². The van der Waals surface area contributed by atoms with Crippen LogP contribution in [-0.2, 0) is 18.0 Å². The quantitative estimate of drug-likeness (QED) is 0.630. The van der Waals surface area contributed by atoms with E-state index in [0.29, 0.717) is 12.8 Å². The maximum absolute atomic E-state index is 6.11. The van der Waals surface area contributed by atoms with Gasteiger partial charge in [-0.1, -0.05) is 55.3 Å². The highest BCUT2D eigenvalue weighted by Gasteiger charge is 2.19. The molecule has 0 amide bonds. The molecule has 0 N–H and O–H groups in total. The summed E-state index contributed by atoms with van der Waals surface area (Å²) in [6, 6.07) is 19.2. The van der Waals surface area contributed by atoms with Crippen LogP contribution in [0.1, 0.15) is 31.2 Å². The van der Waals surface area contributed by atoms with Crippen LogP contribution in [0.15, 0.2) is 60.9 Å². The molecule has 4 rings (SSSR count). The first-order chi connectivity index (χ1) is 11.4. The minimum atomic E-state index is 0. The first-order valence-electron chi connectivity index (χ1n) is 8.53. The third-order valence-electron chi connectivity index (χ3n) is 4.73. The number of benzene rings is 2. The van der Waals surface area contributed by atoms with Gasteiger partial charge in [0.2, 0.25) is 6.33 Å². The third-order valence-corrected chi connectivity index (χ3v) is 4.73. The summed E-state index contributed by atoms with van der Waals surface area (Å²) in [6.07, 6.45) is 7.67. The molecule has 0 unspecified atom stereocenters. The highest BCUT2D eigenvalue weighted by atomic mass is 35.5.